The van der Waals surface area contributed by atoms with Crippen LogP contribution in [0.4, 0.5) is 21.6 Å². The lowest BCUT2D eigenvalue weighted by molar-refractivity contribution is 0.00871. The zero-order chi connectivity index (χ0) is 24.0. The zero-order valence-corrected chi connectivity index (χ0v) is 19.7. The Morgan fingerprint density at radius 2 is 1.97 bits per heavy atom. The number of hydrogen-bond donors (Lipinski definition) is 2. The number of nitrogens with one attached hydrogen (secondary N) is 1. The first-order valence-electron chi connectivity index (χ1n) is 10.7. The molecule has 3 heterocycles. The number of anilines is 2. The summed E-state index contributed by atoms with van der Waals surface area (Å²) in [6.45, 7) is 2.29. The largest absolute Gasteiger partial charge is 0.483 e. The van der Waals surface area contributed by atoms with Gasteiger partial charge in [-0.25, -0.2) is 18.6 Å². The van der Waals surface area contributed by atoms with E-state index in [1.54, 1.807) is 24.6 Å². The zero-order valence-electron chi connectivity index (χ0n) is 18.9. The molecule has 2 N–H and O–H groups in total. The van der Waals surface area contributed by atoms with Crippen LogP contribution in [0, 0.1) is 12.7 Å². The maximum atomic E-state index is 14.1. The molecule has 2 aromatic carbocycles. The van der Waals surface area contributed by atoms with E-state index in [0.29, 0.717) is 22.7 Å². The maximum Gasteiger partial charge on any atom is 0.151 e. The predicted octanol–water partition coefficient (Wildman–Crippen LogP) is 3.09. The molecule has 2 aliphatic heterocycles. The van der Waals surface area contributed by atoms with Gasteiger partial charge < -0.3 is 24.6 Å². The molecule has 1 aromatic heterocycles. The predicted molar refractivity (Wildman–Crippen MR) is 126 cm³/mol. The maximum absolute atomic E-state index is 14.1. The highest BCUT2D eigenvalue weighted by Crippen LogP contribution is 2.36. The standard InChI is InChI=1S/C23H25FN4O5S/c1-12-6-14(28-34(2,3)30)8-16-20(12)23(26-11-25-16)27-15-5-4-13(24)7-18(15)33-19-10-32-21-17(29)9-31-22(19)21/h4-8,11,17,19,21-22,29H,9-10H2,1-3H3,(H,25,26,27)/t17-,19+,21+,22+/m0/s1. The van der Waals surface area contributed by atoms with Gasteiger partial charge >= 0.3 is 0 Å². The molecule has 11 heteroatoms. The number of fused-ring (bicyclic) bond motifs is 2. The van der Waals surface area contributed by atoms with Gasteiger partial charge in [0.05, 0.1) is 30.1 Å². The normalized spacial score (nSPS) is 24.3. The van der Waals surface area contributed by atoms with Gasteiger partial charge in [0.25, 0.3) is 0 Å². The van der Waals surface area contributed by atoms with Crippen molar-refractivity contribution in [3.8, 4) is 5.75 Å². The lowest BCUT2D eigenvalue weighted by Crippen LogP contribution is -2.34. The third-order valence-electron chi connectivity index (χ3n) is 5.70. The molecule has 0 bridgehead atoms. The first kappa shape index (κ1) is 22.9. The van der Waals surface area contributed by atoms with Crippen molar-refractivity contribution < 1.29 is 27.9 Å². The lowest BCUT2D eigenvalue weighted by atomic mass is 10.1. The summed E-state index contributed by atoms with van der Waals surface area (Å²) in [6, 6.07) is 7.75. The summed E-state index contributed by atoms with van der Waals surface area (Å²) in [5, 5.41) is 14.0. The number of aliphatic hydroxyl groups excluding tert-OH is 1. The van der Waals surface area contributed by atoms with Gasteiger partial charge in [-0.3, -0.25) is 0 Å². The van der Waals surface area contributed by atoms with Crippen LogP contribution in [0.2, 0.25) is 0 Å². The Hall–Kier alpha value is -2.86. The topological polar surface area (TPSA) is 115 Å². The molecule has 2 aliphatic rings. The summed E-state index contributed by atoms with van der Waals surface area (Å²) in [5.74, 6) is 0.320. The highest BCUT2D eigenvalue weighted by atomic mass is 32.2. The van der Waals surface area contributed by atoms with E-state index in [4.69, 9.17) is 14.2 Å². The molecule has 9 nitrogen and oxygen atoms in total. The van der Waals surface area contributed by atoms with Crippen molar-refractivity contribution in [1.29, 1.82) is 0 Å². The molecule has 4 atom stereocenters. The minimum atomic E-state index is -2.32. The van der Waals surface area contributed by atoms with E-state index < -0.39 is 40.0 Å². The van der Waals surface area contributed by atoms with Gasteiger partial charge in [0.1, 0.15) is 42.0 Å². The van der Waals surface area contributed by atoms with Crippen LogP contribution in [0.15, 0.2) is 41.0 Å². The molecular formula is C23H25FN4O5S. The van der Waals surface area contributed by atoms with Crippen molar-refractivity contribution in [3.05, 3.63) is 48.0 Å². The average molecular weight is 489 g/mol. The Morgan fingerprint density at radius 1 is 1.18 bits per heavy atom. The lowest BCUT2D eigenvalue weighted by Gasteiger charge is -2.21. The third-order valence-corrected chi connectivity index (χ3v) is 6.35. The Balaban J connectivity index is 1.48. The molecular weight excluding hydrogens is 463 g/mol. The van der Waals surface area contributed by atoms with Crippen LogP contribution in [0.1, 0.15) is 5.56 Å². The second-order valence-electron chi connectivity index (χ2n) is 8.74. The summed E-state index contributed by atoms with van der Waals surface area (Å²) in [4.78, 5) is 8.73. The van der Waals surface area contributed by atoms with Gasteiger partial charge in [-0.05, 0) is 36.8 Å². The summed E-state index contributed by atoms with van der Waals surface area (Å²) < 4.78 is 47.8. The SMILES string of the molecule is Cc1cc(N=S(C)(C)=O)cc2ncnc(Nc3ccc(F)cc3O[C@@H]3CO[C@H]4[C@@H]3OC[C@@H]4O)c12. The second kappa shape index (κ2) is 8.73. The van der Waals surface area contributed by atoms with Gasteiger partial charge in [0.2, 0.25) is 0 Å². The van der Waals surface area contributed by atoms with E-state index in [1.165, 1.54) is 18.5 Å². The van der Waals surface area contributed by atoms with Gasteiger partial charge in [-0.15, -0.1) is 0 Å². The van der Waals surface area contributed by atoms with Crippen LogP contribution < -0.4 is 10.1 Å². The minimum absolute atomic E-state index is 0.176. The van der Waals surface area contributed by atoms with Crippen molar-refractivity contribution in [3.63, 3.8) is 0 Å². The molecule has 2 fully saturated rings. The van der Waals surface area contributed by atoms with Gasteiger partial charge in [0, 0.05) is 33.7 Å². The van der Waals surface area contributed by atoms with Gasteiger partial charge in [0.15, 0.2) is 6.10 Å². The van der Waals surface area contributed by atoms with Crippen molar-refractivity contribution in [1.82, 2.24) is 9.97 Å². The molecule has 0 unspecified atom stereocenters. The van der Waals surface area contributed by atoms with Crippen molar-refractivity contribution in [2.75, 3.05) is 31.0 Å². The van der Waals surface area contributed by atoms with Crippen LogP contribution in [-0.2, 0) is 19.2 Å². The Kier molecular flexibility index (Phi) is 5.88. The first-order chi connectivity index (χ1) is 16.2. The number of aryl methyl sites for hydroxylation is 1. The monoisotopic (exact) mass is 488 g/mol. The Labute approximate surface area is 196 Å². The van der Waals surface area contributed by atoms with Crippen LogP contribution in [0.5, 0.6) is 5.75 Å². The molecule has 0 amide bonds. The van der Waals surface area contributed by atoms with E-state index in [2.05, 4.69) is 19.6 Å². The molecule has 34 heavy (non-hydrogen) atoms. The molecule has 0 spiro atoms. The molecule has 0 radical (unpaired) electrons. The number of halogens is 1. The number of aliphatic hydroxyl groups is 1. The smallest absolute Gasteiger partial charge is 0.151 e. The van der Waals surface area contributed by atoms with Gasteiger partial charge in [-0.2, -0.15) is 4.36 Å². The van der Waals surface area contributed by atoms with E-state index in [9.17, 15) is 13.7 Å². The second-order valence-corrected chi connectivity index (χ2v) is 11.3. The quantitative estimate of drug-likeness (QED) is 0.563. The number of hydrogen-bond acceptors (Lipinski definition) is 9. The third kappa shape index (κ3) is 4.56. The Morgan fingerprint density at radius 3 is 2.76 bits per heavy atom. The molecule has 2 saturated heterocycles. The van der Waals surface area contributed by atoms with Crippen LogP contribution in [-0.4, -0.2) is 69.4 Å². The Bertz CT molecular complexity index is 1370. The first-order valence-corrected chi connectivity index (χ1v) is 13.1. The highest BCUT2D eigenvalue weighted by Gasteiger charge is 2.48. The number of benzene rings is 2. The molecule has 3 aromatic rings. The molecule has 180 valence electrons. The molecule has 0 saturated carbocycles. The van der Waals surface area contributed by atoms with E-state index in [1.807, 2.05) is 13.0 Å². The van der Waals surface area contributed by atoms with E-state index in [-0.39, 0.29) is 19.0 Å². The summed E-state index contributed by atoms with van der Waals surface area (Å²) in [7, 11) is -2.32. The number of ether oxygens (including phenoxy) is 3. The van der Waals surface area contributed by atoms with Gasteiger partial charge in [-0.1, -0.05) is 0 Å². The molecule has 0 aliphatic carbocycles. The number of aromatic nitrogens is 2. The van der Waals surface area contributed by atoms with Crippen molar-refractivity contribution >= 4 is 37.8 Å². The van der Waals surface area contributed by atoms with E-state index >= 15 is 0 Å². The van der Waals surface area contributed by atoms with Crippen LogP contribution in [0.25, 0.3) is 10.9 Å². The summed E-state index contributed by atoms with van der Waals surface area (Å²) in [5.41, 5.74) is 2.55. The fourth-order valence-electron chi connectivity index (χ4n) is 4.31. The van der Waals surface area contributed by atoms with E-state index in [0.717, 1.165) is 10.9 Å². The number of nitrogens with zero attached hydrogens (tertiary/aromatic N) is 3. The minimum Gasteiger partial charge on any atom is -0.483 e. The molecule has 5 rings (SSSR count). The van der Waals surface area contributed by atoms with Crippen LogP contribution >= 0.6 is 0 Å². The van der Waals surface area contributed by atoms with Crippen molar-refractivity contribution in [2.24, 2.45) is 4.36 Å². The highest BCUT2D eigenvalue weighted by molar-refractivity contribution is 7.92. The number of rotatable bonds is 5. The summed E-state index contributed by atoms with van der Waals surface area (Å²) >= 11 is 0. The fourth-order valence-corrected chi connectivity index (χ4v) is 4.92. The summed E-state index contributed by atoms with van der Waals surface area (Å²) in [6.07, 6.45) is 2.48. The fraction of sp³-hybridized carbons (Fsp3) is 0.391. The van der Waals surface area contributed by atoms with Crippen LogP contribution in [0.3, 0.4) is 0 Å². The average Bonchev–Trinajstić information content (AvgIpc) is 3.32. The van der Waals surface area contributed by atoms with Crippen molar-refractivity contribution in [2.45, 2.75) is 31.3 Å².